The fraction of sp³-hybridized carbons (Fsp3) is 0.625. The average molecular weight is 342 g/mol. The summed E-state index contributed by atoms with van der Waals surface area (Å²) in [7, 11) is 0. The van der Waals surface area contributed by atoms with Gasteiger partial charge in [-0.15, -0.1) is 0 Å². The number of anilines is 1. The van der Waals surface area contributed by atoms with E-state index in [2.05, 4.69) is 22.1 Å². The number of halogens is 3. The number of hydrogen-bond donors (Lipinski definition) is 1. The van der Waals surface area contributed by atoms with Gasteiger partial charge in [-0.25, -0.2) is 4.98 Å². The molecule has 132 valence electrons. The maximum absolute atomic E-state index is 12.6. The van der Waals surface area contributed by atoms with Gasteiger partial charge in [0.15, 0.2) is 0 Å². The second-order valence-corrected chi connectivity index (χ2v) is 6.42. The molecule has 0 aromatic carbocycles. The van der Waals surface area contributed by atoms with Gasteiger partial charge in [0.1, 0.15) is 12.1 Å². The highest BCUT2D eigenvalue weighted by Gasteiger charge is 2.37. The number of aromatic nitrogens is 1. The van der Waals surface area contributed by atoms with Crippen molar-refractivity contribution in [2.45, 2.75) is 25.2 Å². The summed E-state index contributed by atoms with van der Waals surface area (Å²) in [5.41, 5.74) is -0.726. The van der Waals surface area contributed by atoms with E-state index in [1.807, 2.05) is 4.90 Å². The fourth-order valence-electron chi connectivity index (χ4n) is 3.53. The van der Waals surface area contributed by atoms with Crippen molar-refractivity contribution in [1.29, 1.82) is 0 Å². The highest BCUT2D eigenvalue weighted by Crippen LogP contribution is 2.29. The van der Waals surface area contributed by atoms with Crippen molar-refractivity contribution in [2.75, 3.05) is 37.6 Å². The third-order valence-corrected chi connectivity index (χ3v) is 5.07. The largest absolute Gasteiger partial charge is 0.417 e. The second kappa shape index (κ2) is 6.68. The molecule has 0 bridgehead atoms. The third kappa shape index (κ3) is 3.39. The van der Waals surface area contributed by atoms with Crippen molar-refractivity contribution in [3.63, 3.8) is 0 Å². The van der Waals surface area contributed by atoms with Gasteiger partial charge in [0, 0.05) is 45.0 Å². The van der Waals surface area contributed by atoms with E-state index in [4.69, 9.17) is 0 Å². The summed E-state index contributed by atoms with van der Waals surface area (Å²) in [6, 6.07) is 2.74. The first-order chi connectivity index (χ1) is 11.4. The molecule has 3 atom stereocenters. The highest BCUT2D eigenvalue weighted by molar-refractivity contribution is 5.59. The summed E-state index contributed by atoms with van der Waals surface area (Å²) in [5, 5.41) is 3.22. The number of nitrogens with one attached hydrogen (secondary N) is 1. The Morgan fingerprint density at radius 2 is 1.96 bits per heavy atom. The molecular weight excluding hydrogens is 321 g/mol. The Balaban J connectivity index is 1.58. The van der Waals surface area contributed by atoms with Crippen LogP contribution in [0, 0.1) is 5.92 Å². The van der Waals surface area contributed by atoms with Crippen LogP contribution in [0.25, 0.3) is 0 Å². The van der Waals surface area contributed by atoms with Crippen molar-refractivity contribution in [3.8, 4) is 0 Å². The Morgan fingerprint density at radius 1 is 1.25 bits per heavy atom. The van der Waals surface area contributed by atoms with Crippen molar-refractivity contribution < 1.29 is 18.0 Å². The van der Waals surface area contributed by atoms with Gasteiger partial charge < -0.3 is 15.0 Å². The zero-order valence-electron chi connectivity index (χ0n) is 13.5. The molecule has 2 aliphatic rings. The van der Waals surface area contributed by atoms with Gasteiger partial charge in [-0.05, 0) is 18.1 Å². The van der Waals surface area contributed by atoms with Crippen LogP contribution in [0.5, 0.6) is 0 Å². The molecule has 24 heavy (non-hydrogen) atoms. The zero-order chi connectivity index (χ0) is 17.3. The Labute approximate surface area is 138 Å². The molecule has 0 spiro atoms. The van der Waals surface area contributed by atoms with Gasteiger partial charge in [-0.3, -0.25) is 4.90 Å². The minimum atomic E-state index is -4.36. The standard InChI is InChI=1S/C16H21F3N4O/c1-11-13(10-24)20-9-14(11)22-4-6-23(7-5-22)15-3-2-12(8-21-15)16(17,18)19/h2-3,8,10-11,13-14,20H,4-7,9H2,1H3/t11-,13-,14-/m1/s1. The number of nitrogens with zero attached hydrogens (tertiary/aromatic N) is 3. The molecule has 1 aromatic heterocycles. The molecule has 5 nitrogen and oxygen atoms in total. The van der Waals surface area contributed by atoms with E-state index in [-0.39, 0.29) is 12.0 Å². The number of alkyl halides is 3. The van der Waals surface area contributed by atoms with E-state index >= 15 is 0 Å². The van der Waals surface area contributed by atoms with E-state index < -0.39 is 11.7 Å². The molecule has 2 saturated heterocycles. The van der Waals surface area contributed by atoms with Crippen LogP contribution in [0.4, 0.5) is 19.0 Å². The van der Waals surface area contributed by atoms with Crippen LogP contribution < -0.4 is 10.2 Å². The lowest BCUT2D eigenvalue weighted by Gasteiger charge is -2.39. The first kappa shape index (κ1) is 17.2. The van der Waals surface area contributed by atoms with Crippen LogP contribution in [0.1, 0.15) is 12.5 Å². The summed E-state index contributed by atoms with van der Waals surface area (Å²) in [6.07, 6.45) is -2.50. The number of rotatable bonds is 3. The van der Waals surface area contributed by atoms with E-state index in [1.165, 1.54) is 6.07 Å². The van der Waals surface area contributed by atoms with Crippen molar-refractivity contribution in [1.82, 2.24) is 15.2 Å². The molecule has 0 saturated carbocycles. The fourth-order valence-corrected chi connectivity index (χ4v) is 3.53. The lowest BCUT2D eigenvalue weighted by Crippen LogP contribution is -2.52. The molecular formula is C16H21F3N4O. The van der Waals surface area contributed by atoms with Crippen LogP contribution in [0.3, 0.4) is 0 Å². The maximum atomic E-state index is 12.6. The summed E-state index contributed by atoms with van der Waals surface area (Å²) in [4.78, 5) is 19.3. The van der Waals surface area contributed by atoms with Crippen molar-refractivity contribution in [2.24, 2.45) is 5.92 Å². The Bertz CT molecular complexity index is 570. The normalized spacial score (nSPS) is 29.0. The van der Waals surface area contributed by atoms with Crippen molar-refractivity contribution >= 4 is 12.1 Å². The van der Waals surface area contributed by atoms with Crippen LogP contribution >= 0.6 is 0 Å². The SMILES string of the molecule is C[C@H]1[C@H](N2CCN(c3ccc(C(F)(F)F)cn3)CC2)CN[C@@H]1C=O. The Hall–Kier alpha value is -1.67. The van der Waals surface area contributed by atoms with Crippen LogP contribution in [0.2, 0.25) is 0 Å². The molecule has 0 aliphatic carbocycles. The van der Waals surface area contributed by atoms with Crippen LogP contribution in [-0.4, -0.2) is 61.0 Å². The molecule has 3 rings (SSSR count). The lowest BCUT2D eigenvalue weighted by atomic mass is 9.98. The average Bonchev–Trinajstić information content (AvgIpc) is 2.95. The van der Waals surface area contributed by atoms with Gasteiger partial charge in [-0.1, -0.05) is 6.92 Å². The first-order valence-electron chi connectivity index (χ1n) is 8.11. The van der Waals surface area contributed by atoms with Gasteiger partial charge in [0.05, 0.1) is 11.6 Å². The van der Waals surface area contributed by atoms with Crippen LogP contribution in [-0.2, 0) is 11.0 Å². The highest BCUT2D eigenvalue weighted by atomic mass is 19.4. The number of pyridine rings is 1. The van der Waals surface area contributed by atoms with Gasteiger partial charge in [-0.2, -0.15) is 13.2 Å². The minimum absolute atomic E-state index is 0.0930. The number of carbonyl (C=O) groups excluding carboxylic acids is 1. The Morgan fingerprint density at radius 3 is 2.46 bits per heavy atom. The van der Waals surface area contributed by atoms with Gasteiger partial charge in [0.25, 0.3) is 0 Å². The summed E-state index contributed by atoms with van der Waals surface area (Å²) >= 11 is 0. The summed E-state index contributed by atoms with van der Waals surface area (Å²) in [6.45, 7) is 5.92. The van der Waals surface area contributed by atoms with E-state index in [9.17, 15) is 18.0 Å². The number of piperazine rings is 1. The van der Waals surface area contributed by atoms with Crippen molar-refractivity contribution in [3.05, 3.63) is 23.9 Å². The van der Waals surface area contributed by atoms with Gasteiger partial charge >= 0.3 is 6.18 Å². The number of hydrogen-bond acceptors (Lipinski definition) is 5. The first-order valence-corrected chi connectivity index (χ1v) is 8.11. The minimum Gasteiger partial charge on any atom is -0.354 e. The van der Waals surface area contributed by atoms with E-state index in [1.54, 1.807) is 0 Å². The molecule has 2 fully saturated rings. The van der Waals surface area contributed by atoms with E-state index in [0.717, 1.165) is 38.2 Å². The lowest BCUT2D eigenvalue weighted by molar-refractivity contribution is -0.137. The maximum Gasteiger partial charge on any atom is 0.417 e. The van der Waals surface area contributed by atoms with Crippen LogP contribution in [0.15, 0.2) is 18.3 Å². The summed E-state index contributed by atoms with van der Waals surface area (Å²) < 4.78 is 37.8. The number of aldehydes is 1. The molecule has 3 heterocycles. The topological polar surface area (TPSA) is 48.5 Å². The Kier molecular flexibility index (Phi) is 4.78. The predicted octanol–water partition coefficient (Wildman–Crippen LogP) is 1.40. The van der Waals surface area contributed by atoms with Gasteiger partial charge in [0.2, 0.25) is 0 Å². The smallest absolute Gasteiger partial charge is 0.354 e. The number of carbonyl (C=O) groups is 1. The third-order valence-electron chi connectivity index (χ3n) is 5.07. The molecule has 2 aliphatic heterocycles. The molecule has 0 unspecified atom stereocenters. The molecule has 1 N–H and O–H groups in total. The summed E-state index contributed by atoms with van der Waals surface area (Å²) in [5.74, 6) is 0.837. The molecule has 1 aromatic rings. The quantitative estimate of drug-likeness (QED) is 0.842. The monoisotopic (exact) mass is 342 g/mol. The molecule has 0 amide bonds. The molecule has 0 radical (unpaired) electrons. The zero-order valence-corrected chi connectivity index (χ0v) is 13.5. The second-order valence-electron chi connectivity index (χ2n) is 6.42. The molecule has 8 heteroatoms. The predicted molar refractivity (Wildman–Crippen MR) is 83.8 cm³/mol. The van der Waals surface area contributed by atoms with E-state index in [0.29, 0.717) is 24.9 Å².